The van der Waals surface area contributed by atoms with Gasteiger partial charge in [0.25, 0.3) is 0 Å². The maximum Gasteiger partial charge on any atom is 0.180 e. The fourth-order valence-corrected chi connectivity index (χ4v) is 1.32. The van der Waals surface area contributed by atoms with Crippen LogP contribution in [0.2, 0.25) is 0 Å². The molecule has 0 fully saturated rings. The maximum absolute atomic E-state index is 10.9. The minimum Gasteiger partial charge on any atom is -0.485 e. The molecular formula is C9H8Br2O2. The van der Waals surface area contributed by atoms with E-state index in [-0.39, 0.29) is 12.4 Å². The number of hydrogen-bond acceptors (Lipinski definition) is 2. The third-order valence-corrected chi connectivity index (χ3v) is 2.65. The Morgan fingerprint density at radius 3 is 2.69 bits per heavy atom. The molecule has 0 heterocycles. The fourth-order valence-electron chi connectivity index (χ4n) is 0.759. The number of halogens is 2. The van der Waals surface area contributed by atoms with E-state index in [4.69, 9.17) is 4.74 Å². The zero-order valence-electron chi connectivity index (χ0n) is 6.80. The van der Waals surface area contributed by atoms with E-state index in [0.717, 1.165) is 4.47 Å². The van der Waals surface area contributed by atoms with Crippen molar-refractivity contribution in [2.45, 2.75) is 0 Å². The first-order valence-electron chi connectivity index (χ1n) is 3.69. The molecule has 2 nitrogen and oxygen atoms in total. The summed E-state index contributed by atoms with van der Waals surface area (Å²) in [5.41, 5.74) is 0. The molecule has 1 rings (SSSR count). The van der Waals surface area contributed by atoms with Crippen molar-refractivity contribution >= 4 is 37.6 Å². The third-order valence-electron chi connectivity index (χ3n) is 1.37. The number of ether oxygens (including phenoxy) is 1. The van der Waals surface area contributed by atoms with Crippen LogP contribution in [0.15, 0.2) is 28.7 Å². The van der Waals surface area contributed by atoms with E-state index in [1.54, 1.807) is 0 Å². The molecule has 0 aromatic heterocycles. The van der Waals surface area contributed by atoms with Crippen molar-refractivity contribution in [2.24, 2.45) is 0 Å². The fraction of sp³-hybridized carbons (Fsp3) is 0.222. The van der Waals surface area contributed by atoms with Crippen molar-refractivity contribution in [1.82, 2.24) is 0 Å². The van der Waals surface area contributed by atoms with Crippen LogP contribution in [0.1, 0.15) is 0 Å². The second-order valence-corrected chi connectivity index (χ2v) is 3.81. The van der Waals surface area contributed by atoms with Gasteiger partial charge in [0.15, 0.2) is 5.78 Å². The van der Waals surface area contributed by atoms with Gasteiger partial charge in [-0.05, 0) is 28.1 Å². The lowest BCUT2D eigenvalue weighted by Crippen LogP contribution is -2.12. The number of para-hydroxylation sites is 1. The highest BCUT2D eigenvalue weighted by atomic mass is 79.9. The van der Waals surface area contributed by atoms with E-state index in [0.29, 0.717) is 11.1 Å². The summed E-state index contributed by atoms with van der Waals surface area (Å²) in [7, 11) is 0. The molecule has 0 amide bonds. The number of Topliss-reactive ketones (excluding diaryl/α,β-unsaturated/α-hetero) is 1. The number of alkyl halides is 1. The molecule has 0 N–H and O–H groups in total. The van der Waals surface area contributed by atoms with Crippen LogP contribution >= 0.6 is 31.9 Å². The first kappa shape index (κ1) is 10.7. The van der Waals surface area contributed by atoms with E-state index in [2.05, 4.69) is 31.9 Å². The van der Waals surface area contributed by atoms with Crippen LogP contribution in [0.3, 0.4) is 0 Å². The van der Waals surface area contributed by atoms with E-state index in [1.165, 1.54) is 0 Å². The van der Waals surface area contributed by atoms with Gasteiger partial charge < -0.3 is 4.74 Å². The Morgan fingerprint density at radius 2 is 2.08 bits per heavy atom. The molecule has 1 aromatic rings. The van der Waals surface area contributed by atoms with E-state index < -0.39 is 0 Å². The van der Waals surface area contributed by atoms with Gasteiger partial charge in [-0.3, -0.25) is 4.79 Å². The van der Waals surface area contributed by atoms with Crippen molar-refractivity contribution < 1.29 is 9.53 Å². The average molecular weight is 308 g/mol. The van der Waals surface area contributed by atoms with Crippen molar-refractivity contribution in [2.75, 3.05) is 11.9 Å². The third kappa shape index (κ3) is 3.48. The number of benzene rings is 1. The molecule has 0 aliphatic rings. The molecule has 13 heavy (non-hydrogen) atoms. The highest BCUT2D eigenvalue weighted by Gasteiger charge is 2.02. The van der Waals surface area contributed by atoms with Crippen LogP contribution in [0, 0.1) is 0 Å². The van der Waals surface area contributed by atoms with Crippen LogP contribution in [-0.2, 0) is 4.79 Å². The number of carbonyl (C=O) groups excluding carboxylic acids is 1. The normalized spacial score (nSPS) is 9.69. The van der Waals surface area contributed by atoms with Gasteiger partial charge >= 0.3 is 0 Å². The van der Waals surface area contributed by atoms with Gasteiger partial charge in [-0.25, -0.2) is 0 Å². The van der Waals surface area contributed by atoms with Gasteiger partial charge in [0.05, 0.1) is 9.80 Å². The number of rotatable bonds is 4. The topological polar surface area (TPSA) is 26.3 Å². The highest BCUT2D eigenvalue weighted by molar-refractivity contribution is 9.10. The Morgan fingerprint density at radius 1 is 1.38 bits per heavy atom. The first-order valence-corrected chi connectivity index (χ1v) is 5.60. The molecule has 70 valence electrons. The first-order chi connectivity index (χ1) is 6.24. The standard InChI is InChI=1S/C9H8Br2O2/c10-5-7(12)6-13-9-4-2-1-3-8(9)11/h1-4H,5-6H2. The second-order valence-electron chi connectivity index (χ2n) is 2.39. The highest BCUT2D eigenvalue weighted by Crippen LogP contribution is 2.23. The van der Waals surface area contributed by atoms with Gasteiger partial charge in [0.2, 0.25) is 0 Å². The Bertz CT molecular complexity index is 299. The summed E-state index contributed by atoms with van der Waals surface area (Å²) in [5, 5.41) is 0.331. The number of hydrogen-bond donors (Lipinski definition) is 0. The van der Waals surface area contributed by atoms with Crippen LogP contribution < -0.4 is 4.74 Å². The molecule has 4 heteroatoms. The molecule has 0 radical (unpaired) electrons. The Kier molecular flexibility index (Phi) is 4.45. The predicted molar refractivity (Wildman–Crippen MR) is 58.4 cm³/mol. The van der Waals surface area contributed by atoms with E-state index >= 15 is 0 Å². The Labute approximate surface area is 93.5 Å². The molecule has 0 unspecified atom stereocenters. The Balaban J connectivity index is 2.54. The van der Waals surface area contributed by atoms with Crippen LogP contribution in [0.4, 0.5) is 0 Å². The molecular weight excluding hydrogens is 300 g/mol. The molecule has 0 bridgehead atoms. The minimum atomic E-state index is 0.0238. The molecule has 0 aliphatic heterocycles. The minimum absolute atomic E-state index is 0.0238. The second kappa shape index (κ2) is 5.40. The summed E-state index contributed by atoms with van der Waals surface area (Å²) in [5.74, 6) is 0.715. The zero-order valence-corrected chi connectivity index (χ0v) is 9.97. The van der Waals surface area contributed by atoms with Crippen molar-refractivity contribution in [3.8, 4) is 5.75 Å². The summed E-state index contributed by atoms with van der Waals surface area (Å²) in [4.78, 5) is 10.9. The quantitative estimate of drug-likeness (QED) is 0.800. The molecule has 0 saturated carbocycles. The Hall–Kier alpha value is -0.350. The van der Waals surface area contributed by atoms with Crippen molar-refractivity contribution in [1.29, 1.82) is 0 Å². The largest absolute Gasteiger partial charge is 0.485 e. The van der Waals surface area contributed by atoms with Gasteiger partial charge in [0, 0.05) is 0 Å². The summed E-state index contributed by atoms with van der Waals surface area (Å²) in [6.07, 6.45) is 0. The molecule has 0 atom stereocenters. The SMILES string of the molecule is O=C(CBr)COc1ccccc1Br. The van der Waals surface area contributed by atoms with Gasteiger partial charge in [-0.2, -0.15) is 0 Å². The monoisotopic (exact) mass is 306 g/mol. The molecule has 1 aromatic carbocycles. The zero-order chi connectivity index (χ0) is 9.68. The smallest absolute Gasteiger partial charge is 0.180 e. The number of carbonyl (C=O) groups is 1. The van der Waals surface area contributed by atoms with Gasteiger partial charge in [-0.1, -0.05) is 28.1 Å². The predicted octanol–water partition coefficient (Wildman–Crippen LogP) is 2.79. The summed E-state index contributed by atoms with van der Waals surface area (Å²) < 4.78 is 6.12. The maximum atomic E-state index is 10.9. The summed E-state index contributed by atoms with van der Waals surface area (Å²) in [6.45, 7) is 0.105. The summed E-state index contributed by atoms with van der Waals surface area (Å²) in [6, 6.07) is 7.43. The molecule has 0 aliphatic carbocycles. The van der Waals surface area contributed by atoms with E-state index in [9.17, 15) is 4.79 Å². The molecule has 0 spiro atoms. The van der Waals surface area contributed by atoms with Gasteiger partial charge in [0.1, 0.15) is 12.4 Å². The molecule has 0 saturated heterocycles. The van der Waals surface area contributed by atoms with Crippen molar-refractivity contribution in [3.05, 3.63) is 28.7 Å². The van der Waals surface area contributed by atoms with Crippen LogP contribution in [0.5, 0.6) is 5.75 Å². The van der Waals surface area contributed by atoms with E-state index in [1.807, 2.05) is 24.3 Å². The van der Waals surface area contributed by atoms with Crippen LogP contribution in [-0.4, -0.2) is 17.7 Å². The summed E-state index contributed by atoms with van der Waals surface area (Å²) >= 11 is 6.39. The lowest BCUT2D eigenvalue weighted by atomic mass is 10.3. The average Bonchev–Trinajstić information content (AvgIpc) is 2.16. The lowest BCUT2D eigenvalue weighted by Gasteiger charge is -2.05. The number of ketones is 1. The van der Waals surface area contributed by atoms with Gasteiger partial charge in [-0.15, -0.1) is 0 Å². The lowest BCUT2D eigenvalue weighted by molar-refractivity contribution is -0.118. The van der Waals surface area contributed by atoms with Crippen molar-refractivity contribution in [3.63, 3.8) is 0 Å². The van der Waals surface area contributed by atoms with Crippen LogP contribution in [0.25, 0.3) is 0 Å².